The molecule has 0 saturated heterocycles. The van der Waals surface area contributed by atoms with Crippen LogP contribution in [0.25, 0.3) is 10.8 Å². The molecule has 0 amide bonds. The highest BCUT2D eigenvalue weighted by atomic mass is 16.3. The Labute approximate surface area is 207 Å². The first-order chi connectivity index (χ1) is 15.9. The first kappa shape index (κ1) is 26.1. The molecule has 0 aliphatic rings. The second-order valence-electron chi connectivity index (χ2n) is 11.9. The van der Waals surface area contributed by atoms with E-state index in [1.165, 1.54) is 30.4 Å². The number of benzene rings is 3. The van der Waals surface area contributed by atoms with E-state index in [2.05, 4.69) is 78.8 Å². The van der Waals surface area contributed by atoms with Gasteiger partial charge in [-0.3, -0.25) is 0 Å². The molecule has 0 atom stereocenters. The number of rotatable bonds is 8. The van der Waals surface area contributed by atoms with Gasteiger partial charge >= 0.3 is 0 Å². The summed E-state index contributed by atoms with van der Waals surface area (Å²) in [6, 6.07) is 14.9. The van der Waals surface area contributed by atoms with Crippen molar-refractivity contribution in [3.8, 4) is 11.5 Å². The summed E-state index contributed by atoms with van der Waals surface area (Å²) >= 11 is 0. The third-order valence-corrected chi connectivity index (χ3v) is 6.95. The summed E-state index contributed by atoms with van der Waals surface area (Å²) in [4.78, 5) is 0. The predicted molar refractivity (Wildman–Crippen MR) is 146 cm³/mol. The van der Waals surface area contributed by atoms with Crippen LogP contribution < -0.4 is 0 Å². The van der Waals surface area contributed by atoms with Crippen LogP contribution in [0.1, 0.15) is 102 Å². The molecular weight excluding hydrogens is 416 g/mol. The van der Waals surface area contributed by atoms with Crippen LogP contribution in [-0.4, -0.2) is 10.2 Å². The van der Waals surface area contributed by atoms with E-state index >= 15 is 0 Å². The lowest BCUT2D eigenvalue weighted by atomic mass is 9.78. The average Bonchev–Trinajstić information content (AvgIpc) is 2.76. The van der Waals surface area contributed by atoms with Gasteiger partial charge < -0.3 is 10.2 Å². The molecule has 0 heterocycles. The van der Waals surface area contributed by atoms with Crippen molar-refractivity contribution in [2.24, 2.45) is 0 Å². The smallest absolute Gasteiger partial charge is 0.126 e. The van der Waals surface area contributed by atoms with Crippen LogP contribution >= 0.6 is 0 Å². The molecule has 34 heavy (non-hydrogen) atoms. The van der Waals surface area contributed by atoms with Crippen LogP contribution in [0.4, 0.5) is 0 Å². The minimum atomic E-state index is -0.128. The van der Waals surface area contributed by atoms with Crippen molar-refractivity contribution in [1.82, 2.24) is 0 Å². The van der Waals surface area contributed by atoms with Gasteiger partial charge in [0.15, 0.2) is 0 Å². The molecule has 0 aliphatic heterocycles. The van der Waals surface area contributed by atoms with E-state index < -0.39 is 0 Å². The van der Waals surface area contributed by atoms with Gasteiger partial charge in [0.25, 0.3) is 0 Å². The Hall–Kier alpha value is -2.48. The Morgan fingerprint density at radius 3 is 1.76 bits per heavy atom. The molecule has 3 aromatic rings. The molecule has 0 unspecified atom stereocenters. The molecule has 0 spiro atoms. The van der Waals surface area contributed by atoms with E-state index in [0.29, 0.717) is 11.5 Å². The number of phenols is 2. The lowest BCUT2D eigenvalue weighted by molar-refractivity contribution is 0.422. The fourth-order valence-electron chi connectivity index (χ4n) is 4.90. The van der Waals surface area contributed by atoms with Gasteiger partial charge in [-0.05, 0) is 69.7 Å². The van der Waals surface area contributed by atoms with Crippen LogP contribution in [0.5, 0.6) is 11.5 Å². The lowest BCUT2D eigenvalue weighted by Gasteiger charge is -2.28. The van der Waals surface area contributed by atoms with Crippen LogP contribution in [0.2, 0.25) is 0 Å². The lowest BCUT2D eigenvalue weighted by Crippen LogP contribution is -2.18. The van der Waals surface area contributed by atoms with Crippen molar-refractivity contribution < 1.29 is 10.2 Å². The van der Waals surface area contributed by atoms with E-state index in [4.69, 9.17) is 0 Å². The SMILES string of the molecule is CCCCCCc1cc(CCc2cc(C(C)(C)C)c(O)c(C(C)(C)C)c2)c2ccccc2c1O. The zero-order valence-electron chi connectivity index (χ0n) is 22.4. The summed E-state index contributed by atoms with van der Waals surface area (Å²) in [5.41, 5.74) is 5.40. The first-order valence-electron chi connectivity index (χ1n) is 13.0. The third kappa shape index (κ3) is 5.95. The van der Waals surface area contributed by atoms with Crippen LogP contribution in [0, 0.1) is 0 Å². The molecule has 3 aromatic carbocycles. The maximum atomic E-state index is 11.1. The van der Waals surface area contributed by atoms with E-state index in [-0.39, 0.29) is 10.8 Å². The number of unbranched alkanes of at least 4 members (excludes halogenated alkanes) is 3. The largest absolute Gasteiger partial charge is 0.507 e. The van der Waals surface area contributed by atoms with Gasteiger partial charge in [-0.1, -0.05) is 110 Å². The quantitative estimate of drug-likeness (QED) is 0.330. The summed E-state index contributed by atoms with van der Waals surface area (Å²) in [5.74, 6) is 0.888. The van der Waals surface area contributed by atoms with Gasteiger partial charge in [-0.25, -0.2) is 0 Å². The molecule has 0 fully saturated rings. The minimum Gasteiger partial charge on any atom is -0.507 e. The normalized spacial score (nSPS) is 12.4. The van der Waals surface area contributed by atoms with Crippen molar-refractivity contribution >= 4 is 10.8 Å². The molecule has 184 valence electrons. The highest BCUT2D eigenvalue weighted by Gasteiger charge is 2.26. The van der Waals surface area contributed by atoms with Gasteiger partial charge in [0.05, 0.1) is 0 Å². The van der Waals surface area contributed by atoms with Gasteiger partial charge in [-0.2, -0.15) is 0 Å². The van der Waals surface area contributed by atoms with Gasteiger partial charge in [-0.15, -0.1) is 0 Å². The number of aryl methyl sites for hydroxylation is 3. The highest BCUT2D eigenvalue weighted by Crippen LogP contribution is 2.40. The summed E-state index contributed by atoms with van der Waals surface area (Å²) in [6.07, 6.45) is 7.50. The summed E-state index contributed by atoms with van der Waals surface area (Å²) < 4.78 is 0. The molecule has 0 bridgehead atoms. The molecule has 2 nitrogen and oxygen atoms in total. The van der Waals surface area contributed by atoms with Crippen LogP contribution in [0.3, 0.4) is 0 Å². The second kappa shape index (κ2) is 10.4. The van der Waals surface area contributed by atoms with Gasteiger partial charge in [0, 0.05) is 5.39 Å². The average molecular weight is 461 g/mol. The fourth-order valence-corrected chi connectivity index (χ4v) is 4.90. The maximum absolute atomic E-state index is 11.1. The fraction of sp³-hybridized carbons (Fsp3) is 0.500. The number of aromatic hydroxyl groups is 2. The Morgan fingerprint density at radius 2 is 1.21 bits per heavy atom. The molecule has 3 rings (SSSR count). The molecule has 0 aliphatic carbocycles. The highest BCUT2D eigenvalue weighted by molar-refractivity contribution is 5.92. The van der Waals surface area contributed by atoms with Crippen molar-refractivity contribution in [3.63, 3.8) is 0 Å². The first-order valence-corrected chi connectivity index (χ1v) is 13.0. The van der Waals surface area contributed by atoms with E-state index in [1.807, 2.05) is 12.1 Å². The van der Waals surface area contributed by atoms with Crippen molar-refractivity contribution in [2.45, 2.75) is 104 Å². The molecule has 0 radical (unpaired) electrons. The standard InChI is InChI=1S/C32H44O2/c1-8-9-10-11-14-24-21-23(25-15-12-13-16-26(25)29(24)33)18-17-22-19-27(31(2,3)4)30(34)28(20-22)32(5,6)7/h12-13,15-16,19-21,33-34H,8-11,14,17-18H2,1-7H3. The molecule has 2 heteroatoms. The Bertz CT molecular complexity index is 1090. The van der Waals surface area contributed by atoms with Crippen molar-refractivity contribution in [1.29, 1.82) is 0 Å². The molecule has 2 N–H and O–H groups in total. The maximum Gasteiger partial charge on any atom is 0.126 e. The number of hydrogen-bond donors (Lipinski definition) is 2. The summed E-state index contributed by atoms with van der Waals surface area (Å²) in [6.45, 7) is 15.2. The Morgan fingerprint density at radius 1 is 0.618 bits per heavy atom. The number of fused-ring (bicyclic) bond motifs is 1. The molecule has 0 aromatic heterocycles. The molecular formula is C32H44O2. The van der Waals surface area contributed by atoms with Gasteiger partial charge in [0.1, 0.15) is 11.5 Å². The van der Waals surface area contributed by atoms with Crippen molar-refractivity contribution in [2.75, 3.05) is 0 Å². The van der Waals surface area contributed by atoms with Crippen LogP contribution in [-0.2, 0) is 30.1 Å². The van der Waals surface area contributed by atoms with Gasteiger partial charge in [0.2, 0.25) is 0 Å². The number of phenolic OH excluding ortho intramolecular Hbond substituents is 2. The summed E-state index contributed by atoms with van der Waals surface area (Å²) in [5, 5.41) is 24.1. The second-order valence-corrected chi connectivity index (χ2v) is 11.9. The monoisotopic (exact) mass is 460 g/mol. The summed E-state index contributed by atoms with van der Waals surface area (Å²) in [7, 11) is 0. The Balaban J connectivity index is 1.98. The van der Waals surface area contributed by atoms with E-state index in [1.54, 1.807) is 0 Å². The third-order valence-electron chi connectivity index (χ3n) is 6.95. The van der Waals surface area contributed by atoms with Crippen LogP contribution in [0.15, 0.2) is 42.5 Å². The number of hydrogen-bond acceptors (Lipinski definition) is 2. The molecule has 0 saturated carbocycles. The minimum absolute atomic E-state index is 0.128. The topological polar surface area (TPSA) is 40.5 Å². The Kier molecular flexibility index (Phi) is 8.01. The van der Waals surface area contributed by atoms with Crippen molar-refractivity contribution in [3.05, 3.63) is 70.3 Å². The predicted octanol–water partition coefficient (Wildman–Crippen LogP) is 8.75. The zero-order valence-corrected chi connectivity index (χ0v) is 22.4. The zero-order chi connectivity index (χ0) is 25.1. The van der Waals surface area contributed by atoms with E-state index in [9.17, 15) is 10.2 Å². The van der Waals surface area contributed by atoms with E-state index in [0.717, 1.165) is 53.1 Å².